The lowest BCUT2D eigenvalue weighted by molar-refractivity contribution is -0.137. The molecule has 1 N–H and O–H groups in total. The van der Waals surface area contributed by atoms with Crippen LogP contribution in [0.1, 0.15) is 30.1 Å². The fourth-order valence-corrected chi connectivity index (χ4v) is 2.11. The predicted molar refractivity (Wildman–Crippen MR) is 77.1 cm³/mol. The van der Waals surface area contributed by atoms with Gasteiger partial charge in [-0.2, -0.15) is 0 Å². The van der Waals surface area contributed by atoms with Gasteiger partial charge in [0.15, 0.2) is 11.3 Å². The van der Waals surface area contributed by atoms with Crippen molar-refractivity contribution in [3.63, 3.8) is 0 Å². The lowest BCUT2D eigenvalue weighted by Gasteiger charge is -2.21. The number of carboxylic acids is 1. The van der Waals surface area contributed by atoms with Gasteiger partial charge in [-0.15, -0.1) is 0 Å². The number of carboxylic acid groups (broad SMARTS) is 1. The Hall–Kier alpha value is -2.37. The standard InChI is InChI=1S/C15H18N2O4/c1-9(2)7-17(8-14(18)19)15(20)13-6-11-12(21-13)5-4-10(3)16-11/h4-6,9H,7-8H2,1-3H3,(H,18,19). The van der Waals surface area contributed by atoms with Gasteiger partial charge in [-0.3, -0.25) is 9.59 Å². The van der Waals surface area contributed by atoms with E-state index in [1.165, 1.54) is 4.90 Å². The lowest BCUT2D eigenvalue weighted by atomic mass is 10.2. The maximum atomic E-state index is 12.4. The molecular formula is C15H18N2O4. The number of amides is 1. The molecule has 0 radical (unpaired) electrons. The molecule has 0 bridgehead atoms. The molecule has 0 aliphatic carbocycles. The Morgan fingerprint density at radius 1 is 1.38 bits per heavy atom. The van der Waals surface area contributed by atoms with Gasteiger partial charge in [0.25, 0.3) is 5.91 Å². The first-order valence-corrected chi connectivity index (χ1v) is 6.75. The van der Waals surface area contributed by atoms with E-state index in [9.17, 15) is 9.59 Å². The molecule has 1 amide bonds. The van der Waals surface area contributed by atoms with E-state index < -0.39 is 11.9 Å². The SMILES string of the molecule is Cc1ccc2oc(C(=O)N(CC(=O)O)CC(C)C)cc2n1. The zero-order chi connectivity index (χ0) is 15.6. The van der Waals surface area contributed by atoms with Gasteiger partial charge in [0.2, 0.25) is 0 Å². The second-order valence-corrected chi connectivity index (χ2v) is 5.42. The van der Waals surface area contributed by atoms with E-state index in [0.29, 0.717) is 17.6 Å². The first kappa shape index (κ1) is 15.0. The van der Waals surface area contributed by atoms with Gasteiger partial charge in [0, 0.05) is 18.3 Å². The summed E-state index contributed by atoms with van der Waals surface area (Å²) in [6.45, 7) is 5.70. The number of nitrogens with zero attached hydrogens (tertiary/aromatic N) is 2. The third-order valence-electron chi connectivity index (χ3n) is 2.92. The highest BCUT2D eigenvalue weighted by Crippen LogP contribution is 2.19. The van der Waals surface area contributed by atoms with Crippen LogP contribution >= 0.6 is 0 Å². The molecule has 112 valence electrons. The van der Waals surface area contributed by atoms with Gasteiger partial charge in [-0.25, -0.2) is 4.98 Å². The average Bonchev–Trinajstić information content (AvgIpc) is 2.78. The predicted octanol–water partition coefficient (Wildman–Crippen LogP) is 2.32. The molecular weight excluding hydrogens is 272 g/mol. The maximum Gasteiger partial charge on any atom is 0.323 e. The molecule has 2 aromatic rings. The van der Waals surface area contributed by atoms with Crippen molar-refractivity contribution in [1.29, 1.82) is 0 Å². The zero-order valence-corrected chi connectivity index (χ0v) is 12.3. The summed E-state index contributed by atoms with van der Waals surface area (Å²) in [5.74, 6) is -1.20. The number of furan rings is 1. The number of carbonyl (C=O) groups excluding carboxylic acids is 1. The number of pyridine rings is 1. The molecule has 2 rings (SSSR count). The van der Waals surface area contributed by atoms with Crippen LogP contribution in [-0.4, -0.2) is 40.0 Å². The maximum absolute atomic E-state index is 12.4. The monoisotopic (exact) mass is 290 g/mol. The number of fused-ring (bicyclic) bond motifs is 1. The Bertz CT molecular complexity index is 675. The molecule has 0 aliphatic heterocycles. The minimum atomic E-state index is -1.05. The van der Waals surface area contributed by atoms with Crippen molar-refractivity contribution in [2.24, 2.45) is 5.92 Å². The van der Waals surface area contributed by atoms with E-state index in [1.54, 1.807) is 18.2 Å². The minimum Gasteiger partial charge on any atom is -0.480 e. The Labute approximate surface area is 122 Å². The van der Waals surface area contributed by atoms with Crippen LogP contribution in [0.2, 0.25) is 0 Å². The fraction of sp³-hybridized carbons (Fsp3) is 0.400. The molecule has 21 heavy (non-hydrogen) atoms. The topological polar surface area (TPSA) is 83.6 Å². The van der Waals surface area contributed by atoms with Crippen LogP contribution in [0.3, 0.4) is 0 Å². The van der Waals surface area contributed by atoms with E-state index in [-0.39, 0.29) is 18.2 Å². The summed E-state index contributed by atoms with van der Waals surface area (Å²) in [6, 6.07) is 5.10. The Morgan fingerprint density at radius 3 is 2.71 bits per heavy atom. The number of carbonyl (C=O) groups is 2. The number of hydrogen-bond acceptors (Lipinski definition) is 4. The molecule has 2 aromatic heterocycles. The molecule has 0 unspecified atom stereocenters. The number of aromatic nitrogens is 1. The fourth-order valence-electron chi connectivity index (χ4n) is 2.11. The molecule has 0 fully saturated rings. The van der Waals surface area contributed by atoms with Crippen molar-refractivity contribution in [2.45, 2.75) is 20.8 Å². The van der Waals surface area contributed by atoms with E-state index in [2.05, 4.69) is 4.98 Å². The van der Waals surface area contributed by atoms with E-state index in [1.807, 2.05) is 20.8 Å². The molecule has 0 atom stereocenters. The molecule has 6 heteroatoms. The van der Waals surface area contributed by atoms with Crippen molar-refractivity contribution < 1.29 is 19.1 Å². The highest BCUT2D eigenvalue weighted by molar-refractivity contribution is 5.96. The summed E-state index contributed by atoms with van der Waals surface area (Å²) < 4.78 is 5.48. The average molecular weight is 290 g/mol. The summed E-state index contributed by atoms with van der Waals surface area (Å²) in [5, 5.41) is 8.93. The molecule has 6 nitrogen and oxygen atoms in total. The smallest absolute Gasteiger partial charge is 0.323 e. The highest BCUT2D eigenvalue weighted by Gasteiger charge is 2.23. The number of hydrogen-bond donors (Lipinski definition) is 1. The second kappa shape index (κ2) is 5.95. The molecule has 0 saturated carbocycles. The van der Waals surface area contributed by atoms with Gasteiger partial charge in [0.1, 0.15) is 12.1 Å². The Kier molecular flexibility index (Phi) is 4.26. The molecule has 2 heterocycles. The third-order valence-corrected chi connectivity index (χ3v) is 2.92. The van der Waals surface area contributed by atoms with Gasteiger partial charge in [-0.1, -0.05) is 13.8 Å². The normalized spacial score (nSPS) is 11.0. The van der Waals surface area contributed by atoms with Crippen molar-refractivity contribution in [3.05, 3.63) is 29.7 Å². The Morgan fingerprint density at radius 2 is 2.10 bits per heavy atom. The quantitative estimate of drug-likeness (QED) is 0.913. The largest absolute Gasteiger partial charge is 0.480 e. The van der Waals surface area contributed by atoms with E-state index in [4.69, 9.17) is 9.52 Å². The molecule has 0 spiro atoms. The van der Waals surface area contributed by atoms with Crippen LogP contribution in [0.25, 0.3) is 11.1 Å². The van der Waals surface area contributed by atoms with Crippen molar-refractivity contribution in [2.75, 3.05) is 13.1 Å². The van der Waals surface area contributed by atoms with Crippen LogP contribution in [0.15, 0.2) is 22.6 Å². The zero-order valence-electron chi connectivity index (χ0n) is 12.3. The van der Waals surface area contributed by atoms with Crippen LogP contribution in [0.4, 0.5) is 0 Å². The molecule has 0 aliphatic rings. The van der Waals surface area contributed by atoms with Crippen molar-refractivity contribution in [1.82, 2.24) is 9.88 Å². The van der Waals surface area contributed by atoms with E-state index >= 15 is 0 Å². The Balaban J connectivity index is 2.30. The van der Waals surface area contributed by atoms with Gasteiger partial charge >= 0.3 is 5.97 Å². The number of rotatable bonds is 5. The van der Waals surface area contributed by atoms with Crippen LogP contribution < -0.4 is 0 Å². The minimum absolute atomic E-state index is 0.116. The molecule has 0 aromatic carbocycles. The lowest BCUT2D eigenvalue weighted by Crippen LogP contribution is -2.38. The van der Waals surface area contributed by atoms with Crippen molar-refractivity contribution in [3.8, 4) is 0 Å². The summed E-state index contributed by atoms with van der Waals surface area (Å²) in [5.41, 5.74) is 1.94. The van der Waals surface area contributed by atoms with Crippen LogP contribution in [-0.2, 0) is 4.79 Å². The van der Waals surface area contributed by atoms with Crippen LogP contribution in [0.5, 0.6) is 0 Å². The summed E-state index contributed by atoms with van der Waals surface area (Å²) >= 11 is 0. The van der Waals surface area contributed by atoms with Crippen LogP contribution in [0, 0.1) is 12.8 Å². The first-order chi connectivity index (χ1) is 9.86. The van der Waals surface area contributed by atoms with Gasteiger partial charge in [0.05, 0.1) is 0 Å². The number of aliphatic carboxylic acids is 1. The third kappa shape index (κ3) is 3.59. The second-order valence-electron chi connectivity index (χ2n) is 5.42. The van der Waals surface area contributed by atoms with Gasteiger partial charge in [-0.05, 0) is 25.0 Å². The number of aryl methyl sites for hydroxylation is 1. The molecule has 0 saturated heterocycles. The van der Waals surface area contributed by atoms with Gasteiger partial charge < -0.3 is 14.4 Å². The highest BCUT2D eigenvalue weighted by atomic mass is 16.4. The first-order valence-electron chi connectivity index (χ1n) is 6.75. The van der Waals surface area contributed by atoms with E-state index in [0.717, 1.165) is 5.69 Å². The summed E-state index contributed by atoms with van der Waals surface area (Å²) in [6.07, 6.45) is 0. The summed E-state index contributed by atoms with van der Waals surface area (Å²) in [4.78, 5) is 28.9. The summed E-state index contributed by atoms with van der Waals surface area (Å²) in [7, 11) is 0. The van der Waals surface area contributed by atoms with Crippen molar-refractivity contribution >= 4 is 23.0 Å².